The molecule has 8 nitrogen and oxygen atoms in total. The summed E-state index contributed by atoms with van der Waals surface area (Å²) in [7, 11) is 0. The van der Waals surface area contributed by atoms with E-state index in [-0.39, 0.29) is 62.0 Å². The van der Waals surface area contributed by atoms with E-state index in [0.29, 0.717) is 12.1 Å². The topological polar surface area (TPSA) is 107 Å². The Hall–Kier alpha value is -0.350. The summed E-state index contributed by atoms with van der Waals surface area (Å²) in [4.78, 5) is 8.14. The van der Waals surface area contributed by atoms with Gasteiger partial charge in [0.15, 0.2) is 0 Å². The maximum atomic E-state index is 4.07. The highest BCUT2D eigenvalue weighted by Crippen LogP contribution is 2.18. The molecule has 2 fully saturated rings. The summed E-state index contributed by atoms with van der Waals surface area (Å²) in [5.41, 5.74) is 0. The number of aromatic amines is 2. The van der Waals surface area contributed by atoms with Crippen LogP contribution >= 0.6 is 62.0 Å². The molecule has 2 aliphatic rings. The van der Waals surface area contributed by atoms with Gasteiger partial charge in [0.2, 0.25) is 0 Å². The predicted octanol–water partition coefficient (Wildman–Crippen LogP) is 2.57. The van der Waals surface area contributed by atoms with Gasteiger partial charge in [0.1, 0.15) is 24.3 Å². The zero-order valence-corrected chi connectivity index (χ0v) is 17.5. The molecule has 4 N–H and O–H groups in total. The molecule has 25 heavy (non-hydrogen) atoms. The molecule has 4 rings (SSSR count). The van der Waals surface area contributed by atoms with Crippen LogP contribution in [0.3, 0.4) is 0 Å². The van der Waals surface area contributed by atoms with E-state index in [9.17, 15) is 0 Å². The lowest BCUT2D eigenvalue weighted by atomic mass is 10.2. The zero-order valence-electron chi connectivity index (χ0n) is 13.4. The summed E-state index contributed by atoms with van der Waals surface area (Å²) in [6.07, 6.45) is 7.94. The second-order valence-corrected chi connectivity index (χ2v) is 5.04. The number of aromatic nitrogens is 6. The predicted molar refractivity (Wildman–Crippen MR) is 109 cm³/mol. The Bertz CT molecular complexity index is 439. The van der Waals surface area contributed by atoms with Crippen molar-refractivity contribution in [3.05, 3.63) is 24.3 Å². The van der Waals surface area contributed by atoms with Crippen molar-refractivity contribution in [2.24, 2.45) is 0 Å². The van der Waals surface area contributed by atoms with Gasteiger partial charge < -0.3 is 10.6 Å². The highest BCUT2D eigenvalue weighted by atomic mass is 35.5. The van der Waals surface area contributed by atoms with Gasteiger partial charge in [0.05, 0.1) is 12.1 Å². The average molecular weight is 459 g/mol. The van der Waals surface area contributed by atoms with Crippen molar-refractivity contribution in [3.63, 3.8) is 0 Å². The highest BCUT2D eigenvalue weighted by molar-refractivity contribution is 5.86. The van der Waals surface area contributed by atoms with Crippen molar-refractivity contribution in [2.45, 2.75) is 37.8 Å². The molecule has 2 saturated heterocycles. The molecule has 2 aromatic heterocycles. The van der Waals surface area contributed by atoms with Crippen molar-refractivity contribution in [2.75, 3.05) is 13.1 Å². The van der Waals surface area contributed by atoms with Crippen molar-refractivity contribution < 1.29 is 0 Å². The van der Waals surface area contributed by atoms with Crippen LogP contribution in [0.25, 0.3) is 0 Å². The van der Waals surface area contributed by atoms with E-state index in [1.54, 1.807) is 12.7 Å². The molecule has 2 atom stereocenters. The molecule has 0 radical (unpaired) electrons. The van der Waals surface area contributed by atoms with Crippen molar-refractivity contribution in [1.82, 2.24) is 41.0 Å². The summed E-state index contributed by atoms with van der Waals surface area (Å²) in [6, 6.07) is 0.838. The summed E-state index contributed by atoms with van der Waals surface area (Å²) < 4.78 is 0. The molecular formula is C12H25Cl5N8. The summed E-state index contributed by atoms with van der Waals surface area (Å²) in [5.74, 6) is 1.94. The van der Waals surface area contributed by atoms with E-state index in [2.05, 4.69) is 41.0 Å². The van der Waals surface area contributed by atoms with Gasteiger partial charge >= 0.3 is 0 Å². The molecule has 0 saturated carbocycles. The summed E-state index contributed by atoms with van der Waals surface area (Å²) >= 11 is 0. The number of nitrogens with zero attached hydrogens (tertiary/aromatic N) is 4. The molecule has 0 amide bonds. The van der Waals surface area contributed by atoms with Crippen LogP contribution in [0.1, 0.15) is 49.4 Å². The van der Waals surface area contributed by atoms with Gasteiger partial charge in [-0.25, -0.2) is 9.97 Å². The second-order valence-electron chi connectivity index (χ2n) is 5.04. The first-order valence-electron chi connectivity index (χ1n) is 7.11. The number of hydrogen-bond acceptors (Lipinski definition) is 6. The molecule has 2 aromatic rings. The lowest BCUT2D eigenvalue weighted by Crippen LogP contribution is -2.14. The van der Waals surface area contributed by atoms with Gasteiger partial charge in [0.25, 0.3) is 0 Å². The van der Waals surface area contributed by atoms with E-state index in [0.717, 1.165) is 24.7 Å². The minimum absolute atomic E-state index is 0. The molecule has 0 unspecified atom stereocenters. The quantitative estimate of drug-likeness (QED) is 0.551. The molecule has 0 aromatic carbocycles. The van der Waals surface area contributed by atoms with Crippen LogP contribution in [0.2, 0.25) is 0 Å². The largest absolute Gasteiger partial charge is 0.307 e. The molecule has 2 aliphatic heterocycles. The van der Waals surface area contributed by atoms with Gasteiger partial charge in [-0.1, -0.05) is 0 Å². The third-order valence-corrected chi connectivity index (χ3v) is 3.65. The lowest BCUT2D eigenvalue weighted by molar-refractivity contribution is 0.608. The van der Waals surface area contributed by atoms with Crippen LogP contribution in [0.4, 0.5) is 0 Å². The fourth-order valence-electron chi connectivity index (χ4n) is 2.60. The van der Waals surface area contributed by atoms with Crippen molar-refractivity contribution >= 4 is 62.0 Å². The maximum Gasteiger partial charge on any atom is 0.141 e. The maximum absolute atomic E-state index is 4.07. The van der Waals surface area contributed by atoms with Crippen molar-refractivity contribution in [3.8, 4) is 0 Å². The highest BCUT2D eigenvalue weighted by Gasteiger charge is 2.18. The van der Waals surface area contributed by atoms with Gasteiger partial charge in [0, 0.05) is 0 Å². The molecule has 0 bridgehead atoms. The van der Waals surface area contributed by atoms with Crippen LogP contribution in [-0.4, -0.2) is 43.5 Å². The monoisotopic (exact) mass is 456 g/mol. The number of rotatable bonds is 2. The number of hydrogen-bond donors (Lipinski definition) is 4. The van der Waals surface area contributed by atoms with E-state index in [1.807, 2.05) is 0 Å². The van der Waals surface area contributed by atoms with Crippen LogP contribution in [0, 0.1) is 0 Å². The minimum Gasteiger partial charge on any atom is -0.307 e. The lowest BCUT2D eigenvalue weighted by Gasteiger charge is -2.03. The van der Waals surface area contributed by atoms with E-state index >= 15 is 0 Å². The van der Waals surface area contributed by atoms with Gasteiger partial charge in [-0.3, -0.25) is 10.2 Å². The standard InChI is InChI=1S/2C6H10N4.5ClH/c2*1-2-5(7-3-1)6-8-4-9-10-6;;;;;/h2*4-5,7H,1-3H2,(H,8,9,10);5*1H/t2*5-;;;;;/m00...../s1. The first-order valence-corrected chi connectivity index (χ1v) is 7.11. The molecule has 0 aliphatic carbocycles. The Morgan fingerprint density at radius 2 is 1.08 bits per heavy atom. The smallest absolute Gasteiger partial charge is 0.141 e. The Balaban J connectivity index is -0.000000323. The molecule has 148 valence electrons. The zero-order chi connectivity index (χ0) is 13.6. The first-order chi connectivity index (χ1) is 9.93. The van der Waals surface area contributed by atoms with E-state index in [4.69, 9.17) is 0 Å². The third-order valence-electron chi connectivity index (χ3n) is 3.65. The van der Waals surface area contributed by atoms with Crippen molar-refractivity contribution in [1.29, 1.82) is 0 Å². The first kappa shape index (κ1) is 29.4. The molecule has 0 spiro atoms. The van der Waals surface area contributed by atoms with Gasteiger partial charge in [-0.05, 0) is 38.8 Å². The SMILES string of the molecule is Cl.Cl.Cl.Cl.Cl.c1n[nH]c([C@@H]2CCCN2)n1.c1n[nH]c([C@@H]2CCCN2)n1. The normalized spacial score (nSPS) is 20.3. The Labute approximate surface area is 178 Å². The van der Waals surface area contributed by atoms with Crippen LogP contribution in [0.15, 0.2) is 12.7 Å². The fraction of sp³-hybridized carbons (Fsp3) is 0.667. The van der Waals surface area contributed by atoms with E-state index < -0.39 is 0 Å². The van der Waals surface area contributed by atoms with Crippen LogP contribution in [0.5, 0.6) is 0 Å². The molecular weight excluding hydrogens is 433 g/mol. The van der Waals surface area contributed by atoms with Gasteiger partial charge in [-0.15, -0.1) is 62.0 Å². The minimum atomic E-state index is 0. The Morgan fingerprint density at radius 3 is 1.32 bits per heavy atom. The number of H-pyrrole nitrogens is 2. The summed E-state index contributed by atoms with van der Waals surface area (Å²) in [5, 5.41) is 19.9. The average Bonchev–Trinajstić information content (AvgIpc) is 3.29. The molecule has 4 heterocycles. The Kier molecular flexibility index (Phi) is 18.7. The second kappa shape index (κ2) is 15.9. The van der Waals surface area contributed by atoms with Gasteiger partial charge in [-0.2, -0.15) is 10.2 Å². The summed E-state index contributed by atoms with van der Waals surface area (Å²) in [6.45, 7) is 2.21. The third kappa shape index (κ3) is 8.72. The Morgan fingerprint density at radius 1 is 0.680 bits per heavy atom. The number of halogens is 5. The molecule has 13 heteroatoms. The van der Waals surface area contributed by atoms with Crippen LogP contribution in [-0.2, 0) is 0 Å². The van der Waals surface area contributed by atoms with Crippen LogP contribution < -0.4 is 10.6 Å². The van der Waals surface area contributed by atoms with E-state index in [1.165, 1.54) is 25.7 Å². The fourth-order valence-corrected chi connectivity index (χ4v) is 2.60. The number of nitrogens with one attached hydrogen (secondary N) is 4.